The Morgan fingerprint density at radius 3 is 2.33 bits per heavy atom. The Bertz CT molecular complexity index is 1800. The van der Waals surface area contributed by atoms with Crippen molar-refractivity contribution in [1.29, 1.82) is 0 Å². The maximum absolute atomic E-state index is 13.4. The number of hydrogen-bond donors (Lipinski definition) is 3. The van der Waals surface area contributed by atoms with Gasteiger partial charge in [0.2, 0.25) is 5.91 Å². The Morgan fingerprint density at radius 1 is 0.889 bits per heavy atom. The van der Waals surface area contributed by atoms with E-state index in [-0.39, 0.29) is 29.8 Å². The summed E-state index contributed by atoms with van der Waals surface area (Å²) in [5, 5.41) is 13.8. The first-order valence-corrected chi connectivity index (χ1v) is 15.2. The van der Waals surface area contributed by atoms with Gasteiger partial charge >= 0.3 is 0 Å². The van der Waals surface area contributed by atoms with Crippen LogP contribution < -0.4 is 21.0 Å². The van der Waals surface area contributed by atoms with Crippen LogP contribution in [0, 0.1) is 0 Å². The van der Waals surface area contributed by atoms with Crippen LogP contribution in [0.1, 0.15) is 29.3 Å². The standard InChI is InChI=1S/C34H28ClN5O4S/c1-22(32(42)38-30-21-31(41)40(39-30)27-15-6-3-7-16-27)45-28-17-9-14-26(20-28)36-34(44)29(19-23-10-8-13-25(35)18-23)37-33(43)24-11-4-2-5-12-24/h2-20,22H,21H2,1H3,(H,36,44)(H,37,43)(H,38,39,42)/b29-19-. The van der Waals surface area contributed by atoms with E-state index >= 15 is 0 Å². The number of amides is 4. The van der Waals surface area contributed by atoms with Crippen molar-refractivity contribution in [3.05, 3.63) is 131 Å². The summed E-state index contributed by atoms with van der Waals surface area (Å²) < 4.78 is 0. The smallest absolute Gasteiger partial charge is 0.272 e. The summed E-state index contributed by atoms with van der Waals surface area (Å²) in [7, 11) is 0. The molecule has 0 spiro atoms. The molecule has 0 saturated carbocycles. The van der Waals surface area contributed by atoms with Crippen molar-refractivity contribution in [2.24, 2.45) is 5.10 Å². The summed E-state index contributed by atoms with van der Waals surface area (Å²) >= 11 is 7.41. The third kappa shape index (κ3) is 8.47. The average molecular weight is 638 g/mol. The number of carbonyl (C=O) groups is 4. The number of para-hydroxylation sites is 1. The quantitative estimate of drug-likeness (QED) is 0.151. The number of halogens is 1. The Morgan fingerprint density at radius 2 is 1.60 bits per heavy atom. The zero-order chi connectivity index (χ0) is 31.8. The lowest BCUT2D eigenvalue weighted by atomic mass is 10.1. The van der Waals surface area contributed by atoms with Crippen molar-refractivity contribution in [3.63, 3.8) is 0 Å². The molecule has 1 unspecified atom stereocenters. The van der Waals surface area contributed by atoms with Crippen molar-refractivity contribution < 1.29 is 19.2 Å². The normalized spacial score (nSPS) is 13.6. The van der Waals surface area contributed by atoms with Gasteiger partial charge in [0, 0.05) is 21.2 Å². The molecular weight excluding hydrogens is 610 g/mol. The molecule has 45 heavy (non-hydrogen) atoms. The van der Waals surface area contributed by atoms with Gasteiger partial charge in [0.05, 0.1) is 17.4 Å². The van der Waals surface area contributed by atoms with Crippen molar-refractivity contribution in [2.75, 3.05) is 10.3 Å². The highest BCUT2D eigenvalue weighted by Crippen LogP contribution is 2.27. The molecular formula is C34H28ClN5O4S. The molecule has 0 aromatic heterocycles. The number of thioether (sulfide) groups is 1. The van der Waals surface area contributed by atoms with E-state index in [1.807, 2.05) is 12.1 Å². The predicted octanol–water partition coefficient (Wildman–Crippen LogP) is 6.10. The van der Waals surface area contributed by atoms with Crippen LogP contribution in [0.4, 0.5) is 11.4 Å². The number of nitrogens with one attached hydrogen (secondary N) is 3. The summed E-state index contributed by atoms with van der Waals surface area (Å²) in [4.78, 5) is 52.4. The van der Waals surface area contributed by atoms with E-state index < -0.39 is 17.1 Å². The topological polar surface area (TPSA) is 120 Å². The van der Waals surface area contributed by atoms with Crippen LogP contribution in [0.2, 0.25) is 5.02 Å². The van der Waals surface area contributed by atoms with Crippen molar-refractivity contribution in [2.45, 2.75) is 23.5 Å². The second-order valence-electron chi connectivity index (χ2n) is 9.93. The zero-order valence-electron chi connectivity index (χ0n) is 24.1. The molecule has 4 amide bonds. The zero-order valence-corrected chi connectivity index (χ0v) is 25.6. The van der Waals surface area contributed by atoms with Gasteiger partial charge in [-0.2, -0.15) is 10.1 Å². The summed E-state index contributed by atoms with van der Waals surface area (Å²) in [6, 6.07) is 31.5. The molecule has 5 rings (SSSR count). The van der Waals surface area contributed by atoms with Crippen molar-refractivity contribution >= 4 is 70.3 Å². The second kappa shape index (κ2) is 14.5. The van der Waals surface area contributed by atoms with E-state index in [4.69, 9.17) is 11.6 Å². The monoisotopic (exact) mass is 637 g/mol. The van der Waals surface area contributed by atoms with Crippen LogP contribution in [-0.2, 0) is 14.4 Å². The molecule has 0 aliphatic carbocycles. The van der Waals surface area contributed by atoms with Gasteiger partial charge in [-0.3, -0.25) is 19.2 Å². The maximum atomic E-state index is 13.4. The highest BCUT2D eigenvalue weighted by atomic mass is 35.5. The Labute approximate surface area is 269 Å². The molecule has 0 saturated heterocycles. The summed E-state index contributed by atoms with van der Waals surface area (Å²) in [5.41, 5.74) is 2.14. The van der Waals surface area contributed by atoms with E-state index in [0.29, 0.717) is 27.5 Å². The number of hydrogen-bond acceptors (Lipinski definition) is 6. The van der Waals surface area contributed by atoms with Crippen LogP contribution in [0.3, 0.4) is 0 Å². The van der Waals surface area contributed by atoms with Gasteiger partial charge < -0.3 is 16.0 Å². The minimum absolute atomic E-state index is 0.00855. The summed E-state index contributed by atoms with van der Waals surface area (Å²) in [6.07, 6.45) is 1.54. The second-order valence-corrected chi connectivity index (χ2v) is 11.8. The largest absolute Gasteiger partial charge is 0.321 e. The number of hydrazone groups is 1. The Kier molecular flexibility index (Phi) is 10.1. The lowest BCUT2D eigenvalue weighted by Crippen LogP contribution is -2.35. The highest BCUT2D eigenvalue weighted by molar-refractivity contribution is 8.00. The molecule has 9 nitrogen and oxygen atoms in total. The molecule has 4 aromatic rings. The number of anilines is 2. The fourth-order valence-corrected chi connectivity index (χ4v) is 5.45. The van der Waals surface area contributed by atoms with E-state index in [2.05, 4.69) is 21.1 Å². The number of nitrogens with zero attached hydrogens (tertiary/aromatic N) is 2. The van der Waals surface area contributed by atoms with Gasteiger partial charge in [-0.25, -0.2) is 0 Å². The molecule has 0 bridgehead atoms. The number of amidine groups is 1. The SMILES string of the molecule is CC(Sc1cccc(NC(=O)/C(=C/c2cccc(Cl)c2)NC(=O)c2ccccc2)c1)C(=O)NC1=NN(c2ccccc2)C(=O)C1. The van der Waals surface area contributed by atoms with Gasteiger partial charge in [0.25, 0.3) is 17.7 Å². The molecule has 1 atom stereocenters. The van der Waals surface area contributed by atoms with Crippen LogP contribution in [-0.4, -0.2) is 34.7 Å². The van der Waals surface area contributed by atoms with Gasteiger partial charge in [-0.15, -0.1) is 11.8 Å². The van der Waals surface area contributed by atoms with Gasteiger partial charge in [-0.1, -0.05) is 66.2 Å². The number of rotatable bonds is 9. The van der Waals surface area contributed by atoms with E-state index in [1.165, 1.54) is 16.8 Å². The van der Waals surface area contributed by atoms with Crippen LogP contribution in [0.15, 0.2) is 125 Å². The Hall–Kier alpha value is -5.19. The van der Waals surface area contributed by atoms with E-state index in [1.54, 1.807) is 110 Å². The first-order valence-electron chi connectivity index (χ1n) is 13.9. The predicted molar refractivity (Wildman–Crippen MR) is 178 cm³/mol. The third-order valence-electron chi connectivity index (χ3n) is 6.51. The molecule has 0 radical (unpaired) electrons. The first kappa shape index (κ1) is 31.2. The van der Waals surface area contributed by atoms with E-state index in [9.17, 15) is 19.2 Å². The summed E-state index contributed by atoms with van der Waals surface area (Å²) in [5.74, 6) is -1.25. The van der Waals surface area contributed by atoms with Crippen molar-refractivity contribution in [1.82, 2.24) is 10.6 Å². The molecule has 1 heterocycles. The maximum Gasteiger partial charge on any atom is 0.272 e. The fourth-order valence-electron chi connectivity index (χ4n) is 4.32. The van der Waals surface area contributed by atoms with Gasteiger partial charge in [0.1, 0.15) is 11.5 Å². The van der Waals surface area contributed by atoms with Crippen LogP contribution >= 0.6 is 23.4 Å². The van der Waals surface area contributed by atoms with Crippen LogP contribution in [0.25, 0.3) is 6.08 Å². The lowest BCUT2D eigenvalue weighted by Gasteiger charge is -2.14. The Balaban J connectivity index is 1.25. The molecule has 0 fully saturated rings. The number of carbonyl (C=O) groups excluding carboxylic acids is 4. The third-order valence-corrected chi connectivity index (χ3v) is 7.84. The minimum atomic E-state index is -0.543. The average Bonchev–Trinajstić information content (AvgIpc) is 3.41. The molecule has 3 N–H and O–H groups in total. The van der Waals surface area contributed by atoms with Gasteiger partial charge in [-0.05, 0) is 73.2 Å². The van der Waals surface area contributed by atoms with Gasteiger partial charge in [0.15, 0.2) is 0 Å². The molecule has 1 aliphatic rings. The van der Waals surface area contributed by atoms with E-state index in [0.717, 1.165) is 4.90 Å². The molecule has 1 aliphatic heterocycles. The number of benzene rings is 4. The lowest BCUT2D eigenvalue weighted by molar-refractivity contribution is -0.119. The van der Waals surface area contributed by atoms with Crippen molar-refractivity contribution in [3.8, 4) is 0 Å². The van der Waals surface area contributed by atoms with Crippen LogP contribution in [0.5, 0.6) is 0 Å². The fraction of sp³-hybridized carbons (Fsp3) is 0.0882. The highest BCUT2D eigenvalue weighted by Gasteiger charge is 2.27. The first-order chi connectivity index (χ1) is 21.7. The molecule has 226 valence electrons. The summed E-state index contributed by atoms with van der Waals surface area (Å²) in [6.45, 7) is 1.74. The molecule has 4 aromatic carbocycles. The molecule has 11 heteroatoms. The minimum Gasteiger partial charge on any atom is -0.321 e.